The monoisotopic (exact) mass is 262 g/mol. The van der Waals surface area contributed by atoms with Crippen LogP contribution in [0, 0.1) is 5.82 Å². The van der Waals surface area contributed by atoms with Crippen LogP contribution in [-0.4, -0.2) is 22.0 Å². The zero-order chi connectivity index (χ0) is 13.0. The number of hydrogen-bond donors (Lipinski definition) is 0. The van der Waals surface area contributed by atoms with Crippen LogP contribution in [0.5, 0.6) is 0 Å². The van der Waals surface area contributed by atoms with E-state index in [-0.39, 0.29) is 18.0 Å². The Kier molecular flexibility index (Phi) is 4.04. The molecule has 0 spiro atoms. The second-order valence-electron chi connectivity index (χ2n) is 3.65. The maximum atomic E-state index is 12.7. The lowest BCUT2D eigenvalue weighted by Crippen LogP contribution is -2.07. The summed E-state index contributed by atoms with van der Waals surface area (Å²) in [6.45, 7) is 0. The minimum absolute atomic E-state index is 0.0979. The number of carbonyl (C=O) groups is 1. The predicted molar refractivity (Wildman–Crippen MR) is 68.2 cm³/mol. The van der Waals surface area contributed by atoms with Gasteiger partial charge in [-0.05, 0) is 30.0 Å². The number of hydrogen-bond acceptors (Lipinski definition) is 4. The van der Waals surface area contributed by atoms with Crippen molar-refractivity contribution in [3.8, 4) is 0 Å². The molecule has 0 fully saturated rings. The molecule has 0 aliphatic rings. The van der Waals surface area contributed by atoms with Crippen LogP contribution in [-0.2, 0) is 6.42 Å². The van der Waals surface area contributed by atoms with Crippen molar-refractivity contribution in [1.29, 1.82) is 0 Å². The van der Waals surface area contributed by atoms with Crippen LogP contribution < -0.4 is 0 Å². The Labute approximate surface area is 108 Å². The quantitative estimate of drug-likeness (QED) is 0.483. The summed E-state index contributed by atoms with van der Waals surface area (Å²) in [5.74, 6) is -0.405. The zero-order valence-corrected chi connectivity index (χ0v) is 10.6. The first-order chi connectivity index (χ1) is 8.69. The second-order valence-corrected chi connectivity index (χ2v) is 4.43. The molecule has 92 valence electrons. The average Bonchev–Trinajstić information content (AvgIpc) is 2.41. The Hall–Kier alpha value is -1.75. The molecule has 0 aliphatic heterocycles. The van der Waals surface area contributed by atoms with Crippen LogP contribution in [0.2, 0.25) is 0 Å². The molecule has 18 heavy (non-hydrogen) atoms. The molecule has 1 aromatic heterocycles. The van der Waals surface area contributed by atoms with E-state index in [2.05, 4.69) is 9.97 Å². The minimum atomic E-state index is -0.307. The lowest BCUT2D eigenvalue weighted by Gasteiger charge is -2.02. The molecule has 0 bridgehead atoms. The first-order valence-corrected chi connectivity index (χ1v) is 6.56. The number of nitrogens with zero attached hydrogens (tertiary/aromatic N) is 2. The van der Waals surface area contributed by atoms with Gasteiger partial charge in [-0.1, -0.05) is 23.9 Å². The Morgan fingerprint density at radius 3 is 2.67 bits per heavy atom. The Balaban J connectivity index is 2.14. The number of ketones is 1. The molecule has 0 N–H and O–H groups in total. The number of aromatic nitrogens is 2. The summed E-state index contributed by atoms with van der Waals surface area (Å²) >= 11 is 1.38. The van der Waals surface area contributed by atoms with Gasteiger partial charge in [0.05, 0.1) is 0 Å². The van der Waals surface area contributed by atoms with Crippen molar-refractivity contribution >= 4 is 17.5 Å². The second kappa shape index (κ2) is 5.73. The highest BCUT2D eigenvalue weighted by Crippen LogP contribution is 2.11. The van der Waals surface area contributed by atoms with Crippen molar-refractivity contribution in [1.82, 2.24) is 9.97 Å². The first kappa shape index (κ1) is 12.7. The normalized spacial score (nSPS) is 10.3. The van der Waals surface area contributed by atoms with E-state index >= 15 is 0 Å². The van der Waals surface area contributed by atoms with Crippen LogP contribution in [0.4, 0.5) is 4.39 Å². The van der Waals surface area contributed by atoms with Gasteiger partial charge in [0.15, 0.2) is 10.9 Å². The highest BCUT2D eigenvalue weighted by atomic mass is 32.2. The van der Waals surface area contributed by atoms with Gasteiger partial charge in [0.25, 0.3) is 0 Å². The smallest absolute Gasteiger partial charge is 0.187 e. The summed E-state index contributed by atoms with van der Waals surface area (Å²) in [5, 5.41) is 0.569. The molecule has 0 saturated heterocycles. The summed E-state index contributed by atoms with van der Waals surface area (Å²) in [6, 6.07) is 7.48. The topological polar surface area (TPSA) is 42.9 Å². The predicted octanol–water partition coefficient (Wildman–Crippen LogP) is 2.76. The van der Waals surface area contributed by atoms with Crippen LogP contribution in [0.3, 0.4) is 0 Å². The summed E-state index contributed by atoms with van der Waals surface area (Å²) in [5.41, 5.74) is 1.16. The molecule has 0 unspecified atom stereocenters. The minimum Gasteiger partial charge on any atom is -0.292 e. The van der Waals surface area contributed by atoms with E-state index < -0.39 is 0 Å². The molecule has 1 aromatic carbocycles. The van der Waals surface area contributed by atoms with E-state index in [4.69, 9.17) is 0 Å². The van der Waals surface area contributed by atoms with E-state index in [0.29, 0.717) is 10.9 Å². The summed E-state index contributed by atoms with van der Waals surface area (Å²) in [4.78, 5) is 20.1. The number of benzene rings is 1. The van der Waals surface area contributed by atoms with Gasteiger partial charge in [-0.15, -0.1) is 0 Å². The Bertz CT molecular complexity index is 557. The molecule has 0 atom stereocenters. The van der Waals surface area contributed by atoms with E-state index in [9.17, 15) is 9.18 Å². The Morgan fingerprint density at radius 2 is 2.00 bits per heavy atom. The average molecular weight is 262 g/mol. The highest BCUT2D eigenvalue weighted by molar-refractivity contribution is 7.98. The zero-order valence-electron chi connectivity index (χ0n) is 9.76. The molecule has 5 heteroatoms. The molecule has 0 saturated carbocycles. The summed E-state index contributed by atoms with van der Waals surface area (Å²) in [6.07, 6.45) is 3.63. The van der Waals surface area contributed by atoms with Crippen molar-refractivity contribution < 1.29 is 9.18 Å². The first-order valence-electron chi connectivity index (χ1n) is 5.33. The van der Waals surface area contributed by atoms with Gasteiger partial charge in [-0.2, -0.15) is 0 Å². The molecule has 0 aliphatic carbocycles. The Morgan fingerprint density at radius 1 is 1.28 bits per heavy atom. The van der Waals surface area contributed by atoms with Gasteiger partial charge in [0, 0.05) is 12.6 Å². The molecule has 2 aromatic rings. The van der Waals surface area contributed by atoms with Crippen molar-refractivity contribution in [3.05, 3.63) is 53.6 Å². The van der Waals surface area contributed by atoms with Gasteiger partial charge in [0.1, 0.15) is 11.5 Å². The molecule has 1 heterocycles. The molecule has 2 rings (SSSR count). The van der Waals surface area contributed by atoms with Crippen molar-refractivity contribution in [2.24, 2.45) is 0 Å². The summed E-state index contributed by atoms with van der Waals surface area (Å²) < 4.78 is 12.7. The SMILES string of the molecule is CSc1nccc(C(=O)Cc2ccc(F)cc2)n1. The van der Waals surface area contributed by atoms with Gasteiger partial charge >= 0.3 is 0 Å². The fraction of sp³-hybridized carbons (Fsp3) is 0.154. The number of carbonyl (C=O) groups excluding carboxylic acids is 1. The van der Waals surface area contributed by atoms with Gasteiger partial charge in [0.2, 0.25) is 0 Å². The largest absolute Gasteiger partial charge is 0.292 e. The molecule has 3 nitrogen and oxygen atoms in total. The maximum Gasteiger partial charge on any atom is 0.187 e. The van der Waals surface area contributed by atoms with Crippen LogP contribution in [0.1, 0.15) is 16.1 Å². The molecular weight excluding hydrogens is 251 g/mol. The van der Waals surface area contributed by atoms with Gasteiger partial charge < -0.3 is 0 Å². The number of rotatable bonds is 4. The van der Waals surface area contributed by atoms with Crippen molar-refractivity contribution in [2.45, 2.75) is 11.6 Å². The number of Topliss-reactive ketones (excluding diaryl/α,β-unsaturated/α-hetero) is 1. The van der Waals surface area contributed by atoms with Crippen molar-refractivity contribution in [2.75, 3.05) is 6.26 Å². The van der Waals surface area contributed by atoms with Gasteiger partial charge in [-0.3, -0.25) is 4.79 Å². The van der Waals surface area contributed by atoms with Crippen LogP contribution in [0.15, 0.2) is 41.7 Å². The number of thioether (sulfide) groups is 1. The lowest BCUT2D eigenvalue weighted by atomic mass is 10.1. The molecular formula is C13H11FN2OS. The van der Waals surface area contributed by atoms with E-state index in [1.54, 1.807) is 24.4 Å². The van der Waals surface area contributed by atoms with Crippen LogP contribution >= 0.6 is 11.8 Å². The third kappa shape index (κ3) is 3.13. The van der Waals surface area contributed by atoms with E-state index in [1.165, 1.54) is 23.9 Å². The summed E-state index contributed by atoms with van der Waals surface area (Å²) in [7, 11) is 0. The van der Waals surface area contributed by atoms with E-state index in [0.717, 1.165) is 5.56 Å². The van der Waals surface area contributed by atoms with Gasteiger partial charge in [-0.25, -0.2) is 14.4 Å². The fourth-order valence-corrected chi connectivity index (χ4v) is 1.83. The lowest BCUT2D eigenvalue weighted by molar-refractivity contribution is 0.0987. The molecule has 0 amide bonds. The molecule has 0 radical (unpaired) electrons. The third-order valence-electron chi connectivity index (χ3n) is 2.38. The number of halogens is 1. The standard InChI is InChI=1S/C13H11FN2OS/c1-18-13-15-7-6-11(16-13)12(17)8-9-2-4-10(14)5-3-9/h2-7H,8H2,1H3. The van der Waals surface area contributed by atoms with E-state index in [1.807, 2.05) is 6.26 Å². The van der Waals surface area contributed by atoms with Crippen LogP contribution in [0.25, 0.3) is 0 Å². The highest BCUT2D eigenvalue weighted by Gasteiger charge is 2.09. The van der Waals surface area contributed by atoms with Crippen molar-refractivity contribution in [3.63, 3.8) is 0 Å². The maximum absolute atomic E-state index is 12.7. The third-order valence-corrected chi connectivity index (χ3v) is 2.94. The fourth-order valence-electron chi connectivity index (χ4n) is 1.47.